The molecule has 0 saturated carbocycles. The molecule has 0 bridgehead atoms. The van der Waals surface area contributed by atoms with Crippen molar-refractivity contribution in [2.45, 2.75) is 27.7 Å². The van der Waals surface area contributed by atoms with Gasteiger partial charge in [0.25, 0.3) is 0 Å². The molecule has 0 N–H and O–H groups in total. The molecule has 0 atom stereocenters. The number of nitrogens with zero attached hydrogens (tertiary/aromatic N) is 2. The minimum Gasteiger partial charge on any atom is -0.311 e. The fourth-order valence-corrected chi connectivity index (χ4v) is 0.706. The zero-order valence-corrected chi connectivity index (χ0v) is 7.70. The molecule has 1 rings (SSSR count). The Morgan fingerprint density at radius 1 is 1.45 bits per heavy atom. The minimum absolute atomic E-state index is 1.02. The average Bonchev–Trinajstić information content (AvgIpc) is 2.42. The third-order valence-electron chi connectivity index (χ3n) is 1.17. The lowest BCUT2D eigenvalue weighted by molar-refractivity contribution is 1.03. The second kappa shape index (κ2) is 5.71. The van der Waals surface area contributed by atoms with Gasteiger partial charge in [-0.05, 0) is 13.8 Å². The van der Waals surface area contributed by atoms with Crippen LogP contribution in [0.15, 0.2) is 18.5 Å². The first kappa shape index (κ1) is 9.95. The van der Waals surface area contributed by atoms with Gasteiger partial charge in [0.15, 0.2) is 0 Å². The van der Waals surface area contributed by atoms with Gasteiger partial charge in [-0.15, -0.1) is 0 Å². The lowest BCUT2D eigenvalue weighted by atomic mass is 10.6. The van der Waals surface area contributed by atoms with Crippen molar-refractivity contribution in [3.05, 3.63) is 24.3 Å². The number of hydrogen-bond donors (Lipinski definition) is 0. The Labute approximate surface area is 68.6 Å². The Morgan fingerprint density at radius 3 is 2.45 bits per heavy atom. The fraction of sp³-hybridized carbons (Fsp3) is 0.444. The highest BCUT2D eigenvalue weighted by Crippen LogP contribution is 1.94. The second-order valence-electron chi connectivity index (χ2n) is 1.86. The summed E-state index contributed by atoms with van der Waals surface area (Å²) in [6, 6.07) is 0. The third-order valence-corrected chi connectivity index (χ3v) is 1.17. The molecule has 1 aromatic rings. The van der Waals surface area contributed by atoms with E-state index in [1.807, 2.05) is 50.7 Å². The Balaban J connectivity index is 0.000000461. The molecule has 0 fully saturated rings. The van der Waals surface area contributed by atoms with Gasteiger partial charge in [-0.25, -0.2) is 4.98 Å². The molecule has 0 amide bonds. The Morgan fingerprint density at radius 2 is 2.09 bits per heavy atom. The highest BCUT2D eigenvalue weighted by Gasteiger charge is 1.87. The molecule has 0 aliphatic carbocycles. The summed E-state index contributed by atoms with van der Waals surface area (Å²) < 4.78 is 1.97. The first-order valence-corrected chi connectivity index (χ1v) is 3.97. The van der Waals surface area contributed by atoms with Gasteiger partial charge >= 0.3 is 0 Å². The lowest BCUT2D eigenvalue weighted by Gasteiger charge is -1.91. The summed E-state index contributed by atoms with van der Waals surface area (Å²) in [5, 5.41) is 0. The lowest BCUT2D eigenvalue weighted by Crippen LogP contribution is -1.85. The molecule has 2 nitrogen and oxygen atoms in total. The van der Waals surface area contributed by atoms with Gasteiger partial charge in [0, 0.05) is 18.6 Å². The Kier molecular flexibility index (Phi) is 5.17. The zero-order chi connectivity index (χ0) is 8.69. The van der Waals surface area contributed by atoms with Gasteiger partial charge in [-0.2, -0.15) is 0 Å². The summed E-state index contributed by atoms with van der Waals surface area (Å²) in [6.07, 6.45) is 7.67. The molecule has 0 aromatic carbocycles. The molecular weight excluding hydrogens is 136 g/mol. The van der Waals surface area contributed by atoms with Crippen molar-refractivity contribution in [1.82, 2.24) is 9.55 Å². The summed E-state index contributed by atoms with van der Waals surface area (Å²) in [5.41, 5.74) is 0. The van der Waals surface area contributed by atoms with E-state index in [2.05, 4.69) is 4.98 Å². The number of imidazole rings is 1. The first-order valence-electron chi connectivity index (χ1n) is 3.97. The number of aryl methyl sites for hydroxylation is 1. The molecular formula is C9H16N2. The highest BCUT2D eigenvalue weighted by molar-refractivity contribution is 5.22. The summed E-state index contributed by atoms with van der Waals surface area (Å²) >= 11 is 0. The first-order chi connectivity index (χ1) is 5.34. The van der Waals surface area contributed by atoms with Crippen LogP contribution in [0.4, 0.5) is 0 Å². The number of rotatable bonds is 1. The molecule has 1 heterocycles. The van der Waals surface area contributed by atoms with Crippen LogP contribution >= 0.6 is 0 Å². The van der Waals surface area contributed by atoms with E-state index in [1.165, 1.54) is 0 Å². The van der Waals surface area contributed by atoms with E-state index in [1.54, 1.807) is 6.20 Å². The predicted octanol–water partition coefficient (Wildman–Crippen LogP) is 2.71. The van der Waals surface area contributed by atoms with Gasteiger partial charge in [0.1, 0.15) is 5.82 Å². The van der Waals surface area contributed by atoms with E-state index < -0.39 is 0 Å². The van der Waals surface area contributed by atoms with Crippen LogP contribution in [0, 0.1) is 6.92 Å². The molecule has 11 heavy (non-hydrogen) atoms. The molecule has 0 radical (unpaired) electrons. The van der Waals surface area contributed by atoms with Gasteiger partial charge in [0.05, 0.1) is 0 Å². The van der Waals surface area contributed by atoms with E-state index in [4.69, 9.17) is 0 Å². The fourth-order valence-electron chi connectivity index (χ4n) is 0.706. The normalized spacial score (nSPS) is 9.45. The summed E-state index contributed by atoms with van der Waals surface area (Å²) in [6.45, 7) is 7.96. The quantitative estimate of drug-likeness (QED) is 0.605. The van der Waals surface area contributed by atoms with Gasteiger partial charge < -0.3 is 4.57 Å². The maximum atomic E-state index is 4.05. The molecule has 0 aliphatic rings. The number of allylic oxidation sites excluding steroid dienone is 1. The average molecular weight is 152 g/mol. The smallest absolute Gasteiger partial charge is 0.109 e. The molecule has 2 heteroatoms. The van der Waals surface area contributed by atoms with Crippen LogP contribution in [0.5, 0.6) is 0 Å². The number of hydrogen-bond acceptors (Lipinski definition) is 1. The van der Waals surface area contributed by atoms with E-state index in [9.17, 15) is 0 Å². The van der Waals surface area contributed by atoms with E-state index >= 15 is 0 Å². The van der Waals surface area contributed by atoms with Crippen molar-refractivity contribution in [2.24, 2.45) is 0 Å². The largest absolute Gasteiger partial charge is 0.311 e. The molecule has 1 aromatic heterocycles. The molecule has 0 saturated heterocycles. The topological polar surface area (TPSA) is 17.8 Å². The predicted molar refractivity (Wildman–Crippen MR) is 49.3 cm³/mol. The van der Waals surface area contributed by atoms with Crippen LogP contribution in [0.25, 0.3) is 6.20 Å². The zero-order valence-electron chi connectivity index (χ0n) is 7.70. The van der Waals surface area contributed by atoms with Crippen LogP contribution in [0.1, 0.15) is 26.6 Å². The van der Waals surface area contributed by atoms with Crippen LogP contribution in [-0.2, 0) is 0 Å². The van der Waals surface area contributed by atoms with E-state index in [-0.39, 0.29) is 0 Å². The maximum absolute atomic E-state index is 4.05. The Hall–Kier alpha value is -1.05. The van der Waals surface area contributed by atoms with E-state index in [0.717, 1.165) is 5.82 Å². The standard InChI is InChI=1S/C7H10N2.C2H6/c1-3-5-9-6-4-8-7(9)2;1-2/h3-6H,1-2H3;1-2H3/b5-3-;. The molecule has 0 unspecified atom stereocenters. The van der Waals surface area contributed by atoms with Crippen molar-refractivity contribution in [3.63, 3.8) is 0 Å². The molecule has 0 spiro atoms. The van der Waals surface area contributed by atoms with Gasteiger partial charge in [-0.1, -0.05) is 19.9 Å². The Bertz CT molecular complexity index is 211. The third kappa shape index (κ3) is 3.03. The van der Waals surface area contributed by atoms with Gasteiger partial charge in [-0.3, -0.25) is 0 Å². The maximum Gasteiger partial charge on any atom is 0.109 e. The van der Waals surface area contributed by atoms with E-state index in [0.29, 0.717) is 0 Å². The van der Waals surface area contributed by atoms with Gasteiger partial charge in [0.2, 0.25) is 0 Å². The highest BCUT2D eigenvalue weighted by atomic mass is 15.0. The minimum atomic E-state index is 1.02. The van der Waals surface area contributed by atoms with Crippen molar-refractivity contribution < 1.29 is 0 Å². The summed E-state index contributed by atoms with van der Waals surface area (Å²) in [7, 11) is 0. The number of aromatic nitrogens is 2. The summed E-state index contributed by atoms with van der Waals surface area (Å²) in [5.74, 6) is 1.02. The van der Waals surface area contributed by atoms with Crippen molar-refractivity contribution in [1.29, 1.82) is 0 Å². The molecule has 0 aliphatic heterocycles. The SMILES string of the molecule is C/C=C\n1ccnc1C.CC. The van der Waals surface area contributed by atoms with Crippen LogP contribution in [-0.4, -0.2) is 9.55 Å². The van der Waals surface area contributed by atoms with Crippen LogP contribution < -0.4 is 0 Å². The second-order valence-corrected chi connectivity index (χ2v) is 1.86. The monoisotopic (exact) mass is 152 g/mol. The van der Waals surface area contributed by atoms with Crippen molar-refractivity contribution in [2.75, 3.05) is 0 Å². The van der Waals surface area contributed by atoms with Crippen molar-refractivity contribution >= 4 is 6.20 Å². The van der Waals surface area contributed by atoms with Crippen LogP contribution in [0.3, 0.4) is 0 Å². The van der Waals surface area contributed by atoms with Crippen LogP contribution in [0.2, 0.25) is 0 Å². The summed E-state index contributed by atoms with van der Waals surface area (Å²) in [4.78, 5) is 4.05. The van der Waals surface area contributed by atoms with Crippen molar-refractivity contribution in [3.8, 4) is 0 Å². The molecule has 62 valence electrons.